The molecule has 2 N–H and O–H groups in total. The Kier molecular flexibility index (Phi) is 3.88. The van der Waals surface area contributed by atoms with E-state index in [9.17, 15) is 0 Å². The Bertz CT molecular complexity index is 618. The van der Waals surface area contributed by atoms with Gasteiger partial charge in [-0.25, -0.2) is 9.97 Å². The molecule has 3 rings (SSSR count). The highest BCUT2D eigenvalue weighted by Gasteiger charge is 2.19. The van der Waals surface area contributed by atoms with E-state index in [1.165, 1.54) is 11.1 Å². The molecule has 4 heteroatoms. The van der Waals surface area contributed by atoms with Gasteiger partial charge in [-0.1, -0.05) is 17.2 Å². The van der Waals surface area contributed by atoms with Crippen LogP contribution in [0.25, 0.3) is 11.3 Å². The summed E-state index contributed by atoms with van der Waals surface area (Å²) < 4.78 is 0. The van der Waals surface area contributed by atoms with Crippen LogP contribution in [0.1, 0.15) is 24.0 Å². The third-order valence-corrected chi connectivity index (χ3v) is 3.90. The molecule has 110 valence electrons. The van der Waals surface area contributed by atoms with E-state index in [1.807, 2.05) is 12.3 Å². The van der Waals surface area contributed by atoms with Crippen LogP contribution in [-0.4, -0.2) is 29.1 Å². The van der Waals surface area contributed by atoms with Gasteiger partial charge in [0.15, 0.2) is 0 Å². The fourth-order valence-electron chi connectivity index (χ4n) is 2.98. The number of hydrogen-bond acceptors (Lipinski definition) is 4. The van der Waals surface area contributed by atoms with Crippen molar-refractivity contribution < 1.29 is 0 Å². The molecule has 2 aromatic rings. The smallest absolute Gasteiger partial charge is 0.225 e. The third kappa shape index (κ3) is 3.22. The predicted octanol–water partition coefficient (Wildman–Crippen LogP) is 2.69. The Morgan fingerprint density at radius 1 is 1.19 bits per heavy atom. The van der Waals surface area contributed by atoms with E-state index in [0.29, 0.717) is 0 Å². The first-order chi connectivity index (χ1) is 10.1. The van der Waals surface area contributed by atoms with Crippen molar-refractivity contribution in [1.82, 2.24) is 9.97 Å². The number of nitrogens with zero attached hydrogens (tertiary/aromatic N) is 3. The van der Waals surface area contributed by atoms with Gasteiger partial charge >= 0.3 is 0 Å². The predicted molar refractivity (Wildman–Crippen MR) is 86.4 cm³/mol. The summed E-state index contributed by atoms with van der Waals surface area (Å²) in [6.45, 7) is 6.06. The summed E-state index contributed by atoms with van der Waals surface area (Å²) in [6, 6.07) is 8.71. The van der Waals surface area contributed by atoms with Crippen molar-refractivity contribution in [2.45, 2.75) is 32.7 Å². The van der Waals surface area contributed by atoms with Gasteiger partial charge in [-0.3, -0.25) is 0 Å². The topological polar surface area (TPSA) is 55.0 Å². The Morgan fingerprint density at radius 3 is 2.67 bits per heavy atom. The highest BCUT2D eigenvalue weighted by Crippen LogP contribution is 2.23. The maximum absolute atomic E-state index is 6.05. The molecule has 0 saturated carbocycles. The van der Waals surface area contributed by atoms with E-state index in [1.54, 1.807) is 0 Å². The van der Waals surface area contributed by atoms with Gasteiger partial charge in [0.1, 0.15) is 0 Å². The first kappa shape index (κ1) is 14.0. The first-order valence-electron chi connectivity index (χ1n) is 7.54. The zero-order chi connectivity index (χ0) is 14.8. The summed E-state index contributed by atoms with van der Waals surface area (Å²) in [5.41, 5.74) is 10.7. The van der Waals surface area contributed by atoms with E-state index in [2.05, 4.69) is 41.9 Å². The highest BCUT2D eigenvalue weighted by molar-refractivity contribution is 5.62. The first-order valence-corrected chi connectivity index (χ1v) is 7.54. The lowest BCUT2D eigenvalue weighted by molar-refractivity contribution is 0.500. The summed E-state index contributed by atoms with van der Waals surface area (Å²) >= 11 is 0. The van der Waals surface area contributed by atoms with E-state index in [-0.39, 0.29) is 6.04 Å². The fraction of sp³-hybridized carbons (Fsp3) is 0.412. The van der Waals surface area contributed by atoms with E-state index >= 15 is 0 Å². The number of hydrogen-bond donors (Lipinski definition) is 1. The molecule has 21 heavy (non-hydrogen) atoms. The van der Waals surface area contributed by atoms with Crippen molar-refractivity contribution in [3.63, 3.8) is 0 Å². The van der Waals surface area contributed by atoms with Gasteiger partial charge in [0.05, 0.1) is 5.69 Å². The number of anilines is 1. The van der Waals surface area contributed by atoms with Gasteiger partial charge in [0.25, 0.3) is 0 Å². The molecule has 0 amide bonds. The Hall–Kier alpha value is -1.94. The maximum atomic E-state index is 6.05. The molecular formula is C17H22N4. The summed E-state index contributed by atoms with van der Waals surface area (Å²) in [6.07, 6.45) is 4.04. The van der Waals surface area contributed by atoms with E-state index in [0.717, 1.165) is 43.1 Å². The van der Waals surface area contributed by atoms with Crippen molar-refractivity contribution >= 4 is 5.95 Å². The minimum Gasteiger partial charge on any atom is -0.339 e. The van der Waals surface area contributed by atoms with Crippen LogP contribution in [0.4, 0.5) is 5.95 Å². The van der Waals surface area contributed by atoms with Gasteiger partial charge in [-0.2, -0.15) is 0 Å². The molecule has 0 radical (unpaired) electrons. The number of aromatic nitrogens is 2. The number of aryl methyl sites for hydroxylation is 2. The highest BCUT2D eigenvalue weighted by atomic mass is 15.3. The van der Waals surface area contributed by atoms with Crippen molar-refractivity contribution in [3.05, 3.63) is 41.6 Å². The zero-order valence-corrected chi connectivity index (χ0v) is 12.7. The van der Waals surface area contributed by atoms with Gasteiger partial charge in [0, 0.05) is 30.9 Å². The third-order valence-electron chi connectivity index (χ3n) is 3.90. The largest absolute Gasteiger partial charge is 0.339 e. The monoisotopic (exact) mass is 282 g/mol. The molecule has 1 atom stereocenters. The molecule has 1 unspecified atom stereocenters. The Morgan fingerprint density at radius 2 is 1.95 bits per heavy atom. The van der Waals surface area contributed by atoms with Crippen LogP contribution in [-0.2, 0) is 0 Å². The lowest BCUT2D eigenvalue weighted by atomic mass is 10.0. The zero-order valence-electron chi connectivity index (χ0n) is 12.7. The average molecular weight is 282 g/mol. The van der Waals surface area contributed by atoms with Crippen LogP contribution < -0.4 is 10.6 Å². The van der Waals surface area contributed by atoms with Gasteiger partial charge < -0.3 is 10.6 Å². The molecule has 1 aromatic heterocycles. The van der Waals surface area contributed by atoms with Crippen LogP contribution in [0.5, 0.6) is 0 Å². The Labute approximate surface area is 126 Å². The van der Waals surface area contributed by atoms with Gasteiger partial charge in [0.2, 0.25) is 5.95 Å². The molecular weight excluding hydrogens is 260 g/mol. The molecule has 1 aliphatic rings. The number of nitrogens with two attached hydrogens (primary N) is 1. The summed E-state index contributed by atoms with van der Waals surface area (Å²) in [4.78, 5) is 11.4. The summed E-state index contributed by atoms with van der Waals surface area (Å²) in [5, 5.41) is 0. The standard InChI is InChI=1S/C17H22N4/c1-12-8-13(2)10-14(9-12)16-5-6-19-17(20-16)21-7-3-4-15(18)11-21/h5-6,8-10,15H,3-4,7,11,18H2,1-2H3. The summed E-state index contributed by atoms with van der Waals surface area (Å²) in [7, 11) is 0. The SMILES string of the molecule is Cc1cc(C)cc(-c2ccnc(N3CCCC(N)C3)n2)c1. The van der Waals surface area contributed by atoms with Crippen LogP contribution in [0.2, 0.25) is 0 Å². The molecule has 4 nitrogen and oxygen atoms in total. The number of benzene rings is 1. The van der Waals surface area contributed by atoms with Crippen LogP contribution in [0, 0.1) is 13.8 Å². The van der Waals surface area contributed by atoms with Crippen LogP contribution in [0.15, 0.2) is 30.5 Å². The fourth-order valence-corrected chi connectivity index (χ4v) is 2.98. The lowest BCUT2D eigenvalue weighted by Gasteiger charge is -2.30. The Balaban J connectivity index is 1.92. The van der Waals surface area contributed by atoms with Gasteiger partial charge in [-0.15, -0.1) is 0 Å². The van der Waals surface area contributed by atoms with E-state index in [4.69, 9.17) is 10.7 Å². The number of piperidine rings is 1. The maximum Gasteiger partial charge on any atom is 0.225 e. The minimum absolute atomic E-state index is 0.229. The molecule has 1 aromatic carbocycles. The number of rotatable bonds is 2. The average Bonchev–Trinajstić information content (AvgIpc) is 2.46. The minimum atomic E-state index is 0.229. The molecule has 2 heterocycles. The summed E-state index contributed by atoms with van der Waals surface area (Å²) in [5.74, 6) is 0.793. The normalized spacial score (nSPS) is 18.8. The van der Waals surface area contributed by atoms with Gasteiger partial charge in [-0.05, 0) is 44.9 Å². The molecule has 1 saturated heterocycles. The van der Waals surface area contributed by atoms with Crippen molar-refractivity contribution in [2.75, 3.05) is 18.0 Å². The molecule has 1 fully saturated rings. The quantitative estimate of drug-likeness (QED) is 0.920. The van der Waals surface area contributed by atoms with Crippen molar-refractivity contribution in [3.8, 4) is 11.3 Å². The van der Waals surface area contributed by atoms with Crippen molar-refractivity contribution in [1.29, 1.82) is 0 Å². The molecule has 0 aliphatic carbocycles. The lowest BCUT2D eigenvalue weighted by Crippen LogP contribution is -2.43. The van der Waals surface area contributed by atoms with E-state index < -0.39 is 0 Å². The van der Waals surface area contributed by atoms with Crippen LogP contribution in [0.3, 0.4) is 0 Å². The van der Waals surface area contributed by atoms with Crippen LogP contribution >= 0.6 is 0 Å². The second kappa shape index (κ2) is 5.82. The molecule has 0 spiro atoms. The second-order valence-electron chi connectivity index (χ2n) is 5.97. The molecule has 0 bridgehead atoms. The van der Waals surface area contributed by atoms with Crippen molar-refractivity contribution in [2.24, 2.45) is 5.73 Å². The second-order valence-corrected chi connectivity index (χ2v) is 5.97. The molecule has 1 aliphatic heterocycles.